The third-order valence-electron chi connectivity index (χ3n) is 5.60. The van der Waals surface area contributed by atoms with Crippen molar-refractivity contribution in [1.82, 2.24) is 4.72 Å². The number of unbranched alkanes of at least 4 members (excludes halogenated alkanes) is 3. The number of halogens is 2. The molecule has 11 heteroatoms. The van der Waals surface area contributed by atoms with Crippen LogP contribution in [0.25, 0.3) is 21.5 Å². The van der Waals surface area contributed by atoms with Crippen molar-refractivity contribution in [2.24, 2.45) is 10.9 Å². The minimum absolute atomic E-state index is 0. The molecule has 0 fully saturated rings. The smallest absolute Gasteiger partial charge is 0.241 e. The molecule has 0 aliphatic heterocycles. The minimum atomic E-state index is -3.63. The maximum atomic E-state index is 12.5. The molecule has 0 bridgehead atoms. The first-order chi connectivity index (χ1) is 17.1. The molecule has 4 rings (SSSR count). The highest BCUT2D eigenvalue weighted by atomic mass is 35.5. The number of sulfonamides is 2. The van der Waals surface area contributed by atoms with E-state index in [1.807, 2.05) is 24.3 Å². The molecule has 4 aromatic carbocycles. The summed E-state index contributed by atoms with van der Waals surface area (Å²) in [5, 5.41) is 8.58. The van der Waals surface area contributed by atoms with Gasteiger partial charge in [0.05, 0.1) is 9.79 Å². The fraction of sp³-hybridized carbons (Fsp3) is 0.231. The van der Waals surface area contributed by atoms with Gasteiger partial charge in [0, 0.05) is 27.7 Å². The molecule has 0 radical (unpaired) electrons. The third-order valence-corrected chi connectivity index (χ3v) is 8.42. The first-order valence-corrected chi connectivity index (χ1v) is 14.9. The van der Waals surface area contributed by atoms with Gasteiger partial charge in [-0.1, -0.05) is 85.1 Å². The van der Waals surface area contributed by atoms with Gasteiger partial charge >= 0.3 is 0 Å². The van der Waals surface area contributed by atoms with E-state index in [4.69, 9.17) is 22.5 Å². The Morgan fingerprint density at radius 2 is 1.24 bits per heavy atom. The molecule has 0 amide bonds. The molecule has 200 valence electrons. The van der Waals surface area contributed by atoms with E-state index >= 15 is 0 Å². The topological polar surface area (TPSA) is 132 Å². The zero-order valence-corrected chi connectivity index (χ0v) is 23.3. The van der Waals surface area contributed by atoms with Crippen molar-refractivity contribution < 1.29 is 16.8 Å². The van der Waals surface area contributed by atoms with Crippen molar-refractivity contribution in [3.05, 3.63) is 83.9 Å². The number of nitrogens with two attached hydrogens (primary N) is 2. The van der Waals surface area contributed by atoms with Gasteiger partial charge in [-0.25, -0.2) is 26.7 Å². The van der Waals surface area contributed by atoms with E-state index in [0.29, 0.717) is 28.9 Å². The molecule has 37 heavy (non-hydrogen) atoms. The molecule has 0 saturated carbocycles. The lowest BCUT2D eigenvalue weighted by molar-refractivity contribution is 0.573. The minimum Gasteiger partial charge on any atom is -0.330 e. The summed E-state index contributed by atoms with van der Waals surface area (Å²) in [6.45, 7) is 1.12. The summed E-state index contributed by atoms with van der Waals surface area (Å²) in [5.41, 5.74) is 5.43. The molecule has 5 N–H and O–H groups in total. The number of hydrogen-bond donors (Lipinski definition) is 3. The van der Waals surface area contributed by atoms with Gasteiger partial charge in [0.1, 0.15) is 0 Å². The highest BCUT2D eigenvalue weighted by Gasteiger charge is 2.17. The molecule has 7 nitrogen and oxygen atoms in total. The van der Waals surface area contributed by atoms with Crippen LogP contribution >= 0.6 is 24.0 Å². The number of primary sulfonamides is 1. The van der Waals surface area contributed by atoms with Crippen LogP contribution in [0.5, 0.6) is 0 Å². The van der Waals surface area contributed by atoms with Gasteiger partial charge in [0.25, 0.3) is 0 Å². The zero-order chi connectivity index (χ0) is 26.2. The molecular formula is C26H31Cl2N3O4S2. The summed E-state index contributed by atoms with van der Waals surface area (Å²) in [6, 6.07) is 22.7. The van der Waals surface area contributed by atoms with Gasteiger partial charge < -0.3 is 5.73 Å². The highest BCUT2D eigenvalue weighted by molar-refractivity contribution is 7.89. The molecule has 0 aliphatic carbocycles. The SMILES string of the molecule is Cl.NCCCCCCNS(=O)(=O)c1cccc2c(Cl)cccc12.NS(=O)(=O)c1cccc2ccccc12. The fourth-order valence-electron chi connectivity index (χ4n) is 3.83. The fourth-order valence-corrected chi connectivity index (χ4v) is 6.12. The van der Waals surface area contributed by atoms with E-state index in [0.717, 1.165) is 36.5 Å². The quantitative estimate of drug-likeness (QED) is 0.233. The normalized spacial score (nSPS) is 11.5. The highest BCUT2D eigenvalue weighted by Crippen LogP contribution is 2.28. The van der Waals surface area contributed by atoms with Crippen molar-refractivity contribution in [1.29, 1.82) is 0 Å². The Labute approximate surface area is 229 Å². The van der Waals surface area contributed by atoms with Crippen molar-refractivity contribution in [3.63, 3.8) is 0 Å². The molecule has 0 atom stereocenters. The Morgan fingerprint density at radius 1 is 0.676 bits per heavy atom. The second-order valence-corrected chi connectivity index (χ2v) is 11.9. The van der Waals surface area contributed by atoms with Crippen LogP contribution in [-0.4, -0.2) is 29.9 Å². The number of benzene rings is 4. The monoisotopic (exact) mass is 583 g/mol. The van der Waals surface area contributed by atoms with Crippen LogP contribution in [0.3, 0.4) is 0 Å². The first-order valence-electron chi connectivity index (χ1n) is 11.5. The van der Waals surface area contributed by atoms with Gasteiger partial charge in [-0.3, -0.25) is 0 Å². The van der Waals surface area contributed by atoms with Crippen LogP contribution in [0.2, 0.25) is 5.02 Å². The van der Waals surface area contributed by atoms with Crippen molar-refractivity contribution in [2.75, 3.05) is 13.1 Å². The lowest BCUT2D eigenvalue weighted by Gasteiger charge is -2.10. The van der Waals surface area contributed by atoms with E-state index in [-0.39, 0.29) is 22.2 Å². The summed E-state index contributed by atoms with van der Waals surface area (Å²) in [6.07, 6.45) is 3.79. The second-order valence-electron chi connectivity index (χ2n) is 8.21. The van der Waals surface area contributed by atoms with Crippen LogP contribution in [0, 0.1) is 0 Å². The van der Waals surface area contributed by atoms with Crippen molar-refractivity contribution >= 4 is 65.6 Å². The lowest BCUT2D eigenvalue weighted by atomic mass is 10.1. The van der Waals surface area contributed by atoms with Gasteiger partial charge in [-0.05, 0) is 43.0 Å². The molecule has 0 heterocycles. The molecule has 0 aromatic heterocycles. The Bertz CT molecular complexity index is 1540. The summed E-state index contributed by atoms with van der Waals surface area (Å²) >= 11 is 6.13. The average Bonchev–Trinajstić information content (AvgIpc) is 2.85. The van der Waals surface area contributed by atoms with E-state index in [1.54, 1.807) is 48.5 Å². The standard InChI is InChI=1S/C16H21ClN2O2S.C10H9NO2S.ClH/c17-15-9-5-8-14-13(15)7-6-10-16(14)22(20,21)19-12-4-2-1-3-11-18;11-14(12,13)10-7-3-5-8-4-1-2-6-9(8)10;/h5-10,19H,1-4,11-12,18H2;1-7H,(H2,11,12,13);1H. The summed E-state index contributed by atoms with van der Waals surface area (Å²) < 4.78 is 50.1. The summed E-state index contributed by atoms with van der Waals surface area (Å²) in [5.74, 6) is 0. The van der Waals surface area contributed by atoms with Crippen molar-refractivity contribution in [2.45, 2.75) is 35.5 Å². The Hall–Kier alpha value is -2.24. The largest absolute Gasteiger partial charge is 0.330 e. The van der Waals surface area contributed by atoms with Crippen LogP contribution in [0.4, 0.5) is 0 Å². The number of nitrogens with one attached hydrogen (secondary N) is 1. The van der Waals surface area contributed by atoms with E-state index < -0.39 is 20.0 Å². The lowest BCUT2D eigenvalue weighted by Crippen LogP contribution is -2.25. The van der Waals surface area contributed by atoms with Gasteiger partial charge in [0.2, 0.25) is 20.0 Å². The van der Waals surface area contributed by atoms with Gasteiger partial charge in [-0.2, -0.15) is 0 Å². The third kappa shape index (κ3) is 8.38. The Morgan fingerprint density at radius 3 is 1.97 bits per heavy atom. The van der Waals surface area contributed by atoms with Crippen LogP contribution in [0.1, 0.15) is 25.7 Å². The summed E-state index contributed by atoms with van der Waals surface area (Å²) in [4.78, 5) is 0.449. The number of rotatable bonds is 9. The Balaban J connectivity index is 0.000000277. The predicted octanol–water partition coefficient (Wildman–Crippen LogP) is 5.20. The zero-order valence-electron chi connectivity index (χ0n) is 20.1. The maximum Gasteiger partial charge on any atom is 0.241 e. The predicted molar refractivity (Wildman–Crippen MR) is 154 cm³/mol. The van der Waals surface area contributed by atoms with E-state index in [9.17, 15) is 16.8 Å². The van der Waals surface area contributed by atoms with Crippen LogP contribution in [0.15, 0.2) is 88.7 Å². The first kappa shape index (κ1) is 31.0. The van der Waals surface area contributed by atoms with E-state index in [2.05, 4.69) is 4.72 Å². The number of hydrogen-bond acceptors (Lipinski definition) is 5. The van der Waals surface area contributed by atoms with Gasteiger partial charge in [0.15, 0.2) is 0 Å². The van der Waals surface area contributed by atoms with Gasteiger partial charge in [-0.15, -0.1) is 12.4 Å². The second kappa shape index (κ2) is 14.1. The molecule has 4 aromatic rings. The summed E-state index contributed by atoms with van der Waals surface area (Å²) in [7, 11) is -7.16. The van der Waals surface area contributed by atoms with Crippen molar-refractivity contribution in [3.8, 4) is 0 Å². The van der Waals surface area contributed by atoms with Crippen LogP contribution < -0.4 is 15.6 Å². The molecule has 0 unspecified atom stereocenters. The average molecular weight is 585 g/mol. The molecule has 0 saturated heterocycles. The van der Waals surface area contributed by atoms with Crippen LogP contribution in [-0.2, 0) is 20.0 Å². The molecular weight excluding hydrogens is 553 g/mol. The number of fused-ring (bicyclic) bond motifs is 2. The van der Waals surface area contributed by atoms with E-state index in [1.165, 1.54) is 6.07 Å². The maximum absolute atomic E-state index is 12.5. The molecule has 0 spiro atoms. The molecule has 0 aliphatic rings. The Kier molecular flexibility index (Phi) is 11.8.